The van der Waals surface area contributed by atoms with Gasteiger partial charge in [0.2, 0.25) is 0 Å². The summed E-state index contributed by atoms with van der Waals surface area (Å²) in [6, 6.07) is 4.54. The molecule has 1 heterocycles. The van der Waals surface area contributed by atoms with Gasteiger partial charge in [0.15, 0.2) is 0 Å². The quantitative estimate of drug-likeness (QED) is 0.906. The van der Waals surface area contributed by atoms with Gasteiger partial charge in [-0.05, 0) is 56.0 Å². The Morgan fingerprint density at radius 3 is 2.74 bits per heavy atom. The highest BCUT2D eigenvalue weighted by molar-refractivity contribution is 5.43. The van der Waals surface area contributed by atoms with Crippen LogP contribution in [0.4, 0.5) is 0 Å². The number of methoxy groups -OCH3 is 1. The number of piperidine rings is 1. The second-order valence-electron chi connectivity index (χ2n) is 5.48. The molecule has 1 aliphatic heterocycles. The molecule has 3 nitrogen and oxygen atoms in total. The summed E-state index contributed by atoms with van der Waals surface area (Å²) >= 11 is 0. The molecule has 1 saturated heterocycles. The van der Waals surface area contributed by atoms with Gasteiger partial charge in [-0.3, -0.25) is 4.90 Å². The molecule has 1 atom stereocenters. The Labute approximate surface area is 116 Å². The molecule has 0 amide bonds. The van der Waals surface area contributed by atoms with Crippen molar-refractivity contribution >= 4 is 0 Å². The zero-order valence-corrected chi connectivity index (χ0v) is 12.3. The summed E-state index contributed by atoms with van der Waals surface area (Å²) in [5.74, 6) is 0.957. The lowest BCUT2D eigenvalue weighted by Gasteiger charge is -2.35. The van der Waals surface area contributed by atoms with Crippen molar-refractivity contribution < 1.29 is 9.84 Å². The van der Waals surface area contributed by atoms with Gasteiger partial charge in [-0.15, -0.1) is 0 Å². The van der Waals surface area contributed by atoms with E-state index in [2.05, 4.69) is 30.9 Å². The molecule has 1 aliphatic rings. The van der Waals surface area contributed by atoms with Crippen molar-refractivity contribution in [3.05, 3.63) is 28.8 Å². The number of hydrogen-bond acceptors (Lipinski definition) is 3. The van der Waals surface area contributed by atoms with Crippen molar-refractivity contribution in [2.24, 2.45) is 0 Å². The molecule has 0 spiro atoms. The molecule has 1 N–H and O–H groups in total. The Bertz CT molecular complexity index is 431. The molecule has 1 unspecified atom stereocenters. The Hall–Kier alpha value is -1.06. The first-order valence-corrected chi connectivity index (χ1v) is 7.15. The van der Waals surface area contributed by atoms with Crippen LogP contribution in [-0.4, -0.2) is 36.3 Å². The van der Waals surface area contributed by atoms with Crippen LogP contribution >= 0.6 is 0 Å². The van der Waals surface area contributed by atoms with Crippen LogP contribution in [0, 0.1) is 13.8 Å². The van der Waals surface area contributed by atoms with Crippen molar-refractivity contribution in [3.63, 3.8) is 0 Å². The lowest BCUT2D eigenvalue weighted by Crippen LogP contribution is -2.41. The third-order valence-electron chi connectivity index (χ3n) is 4.40. The highest BCUT2D eigenvalue weighted by Crippen LogP contribution is 2.26. The lowest BCUT2D eigenvalue weighted by molar-refractivity contribution is 0.0839. The van der Waals surface area contributed by atoms with E-state index >= 15 is 0 Å². The molecule has 1 fully saturated rings. The van der Waals surface area contributed by atoms with E-state index in [1.165, 1.54) is 29.5 Å². The average Bonchev–Trinajstić information content (AvgIpc) is 2.45. The molecule has 0 radical (unpaired) electrons. The first-order valence-electron chi connectivity index (χ1n) is 7.15. The van der Waals surface area contributed by atoms with Gasteiger partial charge < -0.3 is 9.84 Å². The highest BCUT2D eigenvalue weighted by Gasteiger charge is 2.22. The summed E-state index contributed by atoms with van der Waals surface area (Å²) in [5.41, 5.74) is 3.87. The number of likely N-dealkylation sites (tertiary alicyclic amines) is 1. The van der Waals surface area contributed by atoms with E-state index in [0.717, 1.165) is 25.3 Å². The largest absolute Gasteiger partial charge is 0.496 e. The van der Waals surface area contributed by atoms with Crippen LogP contribution in [-0.2, 0) is 6.54 Å². The van der Waals surface area contributed by atoms with Gasteiger partial charge in [0.1, 0.15) is 5.75 Å². The van der Waals surface area contributed by atoms with E-state index in [1.807, 2.05) is 0 Å². The van der Waals surface area contributed by atoms with E-state index in [0.29, 0.717) is 6.04 Å². The standard InChI is InChI=1S/C16H25NO2/c1-12-13(2)16(19-3)8-7-14(12)10-17-9-5-4-6-15(17)11-18/h7-8,15,18H,4-6,9-11H2,1-3H3. The molecule has 0 aliphatic carbocycles. The zero-order chi connectivity index (χ0) is 13.8. The van der Waals surface area contributed by atoms with Crippen molar-refractivity contribution in [1.82, 2.24) is 4.90 Å². The summed E-state index contributed by atoms with van der Waals surface area (Å²) in [6.07, 6.45) is 3.59. The van der Waals surface area contributed by atoms with Crippen molar-refractivity contribution in [2.45, 2.75) is 45.7 Å². The first-order chi connectivity index (χ1) is 9.17. The van der Waals surface area contributed by atoms with Crippen LogP contribution in [0.1, 0.15) is 36.0 Å². The molecule has 19 heavy (non-hydrogen) atoms. The van der Waals surface area contributed by atoms with E-state index < -0.39 is 0 Å². The highest BCUT2D eigenvalue weighted by atomic mass is 16.5. The van der Waals surface area contributed by atoms with Crippen LogP contribution in [0.25, 0.3) is 0 Å². The van der Waals surface area contributed by atoms with E-state index in [9.17, 15) is 5.11 Å². The van der Waals surface area contributed by atoms with Crippen LogP contribution in [0.2, 0.25) is 0 Å². The Morgan fingerprint density at radius 1 is 1.26 bits per heavy atom. The summed E-state index contributed by atoms with van der Waals surface area (Å²) in [4.78, 5) is 2.41. The number of rotatable bonds is 4. The molecule has 106 valence electrons. The van der Waals surface area contributed by atoms with Crippen LogP contribution < -0.4 is 4.74 Å². The zero-order valence-electron chi connectivity index (χ0n) is 12.3. The summed E-state index contributed by atoms with van der Waals surface area (Å²) in [6.45, 7) is 6.56. The summed E-state index contributed by atoms with van der Waals surface area (Å²) in [7, 11) is 1.72. The Kier molecular flexibility index (Phi) is 4.83. The second-order valence-corrected chi connectivity index (χ2v) is 5.48. The van der Waals surface area contributed by atoms with Gasteiger partial charge in [0, 0.05) is 12.6 Å². The molecule has 2 rings (SSSR count). The van der Waals surface area contributed by atoms with E-state index in [-0.39, 0.29) is 6.61 Å². The van der Waals surface area contributed by atoms with Crippen molar-refractivity contribution in [1.29, 1.82) is 0 Å². The van der Waals surface area contributed by atoms with E-state index in [1.54, 1.807) is 7.11 Å². The minimum absolute atomic E-state index is 0.272. The molecular weight excluding hydrogens is 238 g/mol. The normalized spacial score (nSPS) is 20.5. The third kappa shape index (κ3) is 3.10. The predicted octanol–water partition coefficient (Wildman–Crippen LogP) is 2.66. The number of nitrogens with zero attached hydrogens (tertiary/aromatic N) is 1. The van der Waals surface area contributed by atoms with Gasteiger partial charge in [-0.2, -0.15) is 0 Å². The SMILES string of the molecule is COc1ccc(CN2CCCCC2CO)c(C)c1C. The molecular formula is C16H25NO2. The van der Waals surface area contributed by atoms with Gasteiger partial charge in [0.05, 0.1) is 13.7 Å². The predicted molar refractivity (Wildman–Crippen MR) is 77.6 cm³/mol. The van der Waals surface area contributed by atoms with Crippen LogP contribution in [0.5, 0.6) is 5.75 Å². The summed E-state index contributed by atoms with van der Waals surface area (Å²) in [5, 5.41) is 9.48. The maximum atomic E-state index is 9.48. The maximum absolute atomic E-state index is 9.48. The van der Waals surface area contributed by atoms with Crippen LogP contribution in [0.15, 0.2) is 12.1 Å². The van der Waals surface area contributed by atoms with Crippen LogP contribution in [0.3, 0.4) is 0 Å². The fraction of sp³-hybridized carbons (Fsp3) is 0.625. The van der Waals surface area contributed by atoms with Crippen molar-refractivity contribution in [2.75, 3.05) is 20.3 Å². The number of ether oxygens (including phenoxy) is 1. The Morgan fingerprint density at radius 2 is 2.05 bits per heavy atom. The lowest BCUT2D eigenvalue weighted by atomic mass is 9.98. The topological polar surface area (TPSA) is 32.7 Å². The number of aliphatic hydroxyl groups excluding tert-OH is 1. The smallest absolute Gasteiger partial charge is 0.122 e. The fourth-order valence-electron chi connectivity index (χ4n) is 2.94. The average molecular weight is 263 g/mol. The fourth-order valence-corrected chi connectivity index (χ4v) is 2.94. The molecule has 3 heteroatoms. The third-order valence-corrected chi connectivity index (χ3v) is 4.40. The molecule has 0 bridgehead atoms. The number of hydrogen-bond donors (Lipinski definition) is 1. The van der Waals surface area contributed by atoms with Gasteiger partial charge >= 0.3 is 0 Å². The van der Waals surface area contributed by atoms with Crippen molar-refractivity contribution in [3.8, 4) is 5.75 Å². The number of aliphatic hydroxyl groups is 1. The maximum Gasteiger partial charge on any atom is 0.122 e. The minimum Gasteiger partial charge on any atom is -0.496 e. The molecule has 0 saturated carbocycles. The van der Waals surface area contributed by atoms with E-state index in [4.69, 9.17) is 4.74 Å². The summed E-state index contributed by atoms with van der Waals surface area (Å²) < 4.78 is 5.36. The van der Waals surface area contributed by atoms with Gasteiger partial charge in [-0.25, -0.2) is 0 Å². The molecule has 0 aromatic heterocycles. The van der Waals surface area contributed by atoms with Gasteiger partial charge in [-0.1, -0.05) is 12.5 Å². The number of benzene rings is 1. The second kappa shape index (κ2) is 6.40. The molecule has 1 aromatic rings. The minimum atomic E-state index is 0.272. The molecule has 1 aromatic carbocycles. The Balaban J connectivity index is 2.16. The van der Waals surface area contributed by atoms with Gasteiger partial charge in [0.25, 0.3) is 0 Å². The monoisotopic (exact) mass is 263 g/mol. The first kappa shape index (κ1) is 14.4.